The van der Waals surface area contributed by atoms with Crippen molar-refractivity contribution in [2.75, 3.05) is 28.1 Å². The minimum Gasteiger partial charge on any atom is -0.362 e. The average molecular weight is 531 g/mol. The second-order valence-corrected chi connectivity index (χ2v) is 11.7. The first-order valence-corrected chi connectivity index (χ1v) is 13.9. The highest BCUT2D eigenvalue weighted by atomic mass is 35.5. The second-order valence-electron chi connectivity index (χ2n) is 7.73. The van der Waals surface area contributed by atoms with Crippen LogP contribution in [0.25, 0.3) is 22.2 Å². The van der Waals surface area contributed by atoms with Crippen molar-refractivity contribution in [1.29, 1.82) is 0 Å². The molecule has 0 unspecified atom stereocenters. The van der Waals surface area contributed by atoms with E-state index in [1.807, 2.05) is 6.07 Å². The highest BCUT2D eigenvalue weighted by molar-refractivity contribution is 7.93. The highest BCUT2D eigenvalue weighted by Crippen LogP contribution is 2.34. The summed E-state index contributed by atoms with van der Waals surface area (Å²) in [5.74, 6) is -0.408. The van der Waals surface area contributed by atoms with Gasteiger partial charge in [0.15, 0.2) is 5.94 Å². The molecule has 0 atom stereocenters. The standard InChI is InChI=1S/C23H19ClN4O5S2/c24-21-8-3-16(14-20(21)23-19-2-1-10-25-22(19)9-11-26-23)27-35(31,32)18-6-4-17(5-7-18)28-12-13-33-15-34(28,29)30/h1-11,14,27H,12-13,15H2. The molecule has 2 aromatic carbocycles. The summed E-state index contributed by atoms with van der Waals surface area (Å²) in [6.45, 7) is 0.430. The fourth-order valence-corrected chi connectivity index (χ4v) is 6.31. The van der Waals surface area contributed by atoms with Crippen LogP contribution in [0.4, 0.5) is 11.4 Å². The summed E-state index contributed by atoms with van der Waals surface area (Å²) >= 11 is 6.43. The van der Waals surface area contributed by atoms with E-state index in [1.54, 1.807) is 42.7 Å². The lowest BCUT2D eigenvalue weighted by atomic mass is 10.1. The first kappa shape index (κ1) is 23.5. The molecule has 1 aliphatic rings. The van der Waals surface area contributed by atoms with E-state index in [0.29, 0.717) is 27.7 Å². The lowest BCUT2D eigenvalue weighted by Crippen LogP contribution is -2.41. The summed E-state index contributed by atoms with van der Waals surface area (Å²) in [6, 6.07) is 15.8. The van der Waals surface area contributed by atoms with Gasteiger partial charge in [-0.05, 0) is 60.7 Å². The number of fused-ring (bicyclic) bond motifs is 1. The molecule has 1 aliphatic heterocycles. The number of ether oxygens (including phenoxy) is 1. The van der Waals surface area contributed by atoms with E-state index in [9.17, 15) is 16.8 Å². The average Bonchev–Trinajstić information content (AvgIpc) is 2.85. The number of sulfonamides is 2. The minimum absolute atomic E-state index is 0.0177. The molecule has 1 saturated heterocycles. The lowest BCUT2D eigenvalue weighted by molar-refractivity contribution is 0.175. The van der Waals surface area contributed by atoms with Crippen molar-refractivity contribution >= 4 is 53.9 Å². The van der Waals surface area contributed by atoms with E-state index in [4.69, 9.17) is 16.3 Å². The molecule has 1 N–H and O–H groups in total. The van der Waals surface area contributed by atoms with Crippen molar-refractivity contribution in [2.24, 2.45) is 0 Å². The molecule has 0 aliphatic carbocycles. The third kappa shape index (κ3) is 4.67. The summed E-state index contributed by atoms with van der Waals surface area (Å²) in [5.41, 5.74) is 2.54. The quantitative estimate of drug-likeness (QED) is 0.416. The zero-order chi connectivity index (χ0) is 24.6. The van der Waals surface area contributed by atoms with Crippen molar-refractivity contribution in [3.8, 4) is 11.3 Å². The van der Waals surface area contributed by atoms with Crippen molar-refractivity contribution in [2.45, 2.75) is 4.90 Å². The fourth-order valence-electron chi connectivity index (χ4n) is 3.80. The molecule has 35 heavy (non-hydrogen) atoms. The predicted octanol–water partition coefficient (Wildman–Crippen LogP) is 3.87. The Balaban J connectivity index is 1.44. The van der Waals surface area contributed by atoms with Crippen LogP contribution in [0.3, 0.4) is 0 Å². The SMILES string of the molecule is O=S(=O)(Nc1ccc(Cl)c(-c2nccc3ncccc23)c1)c1ccc(N2CCOCS2(=O)=O)cc1. The van der Waals surface area contributed by atoms with Gasteiger partial charge < -0.3 is 4.74 Å². The number of anilines is 2. The van der Waals surface area contributed by atoms with E-state index in [2.05, 4.69) is 14.7 Å². The summed E-state index contributed by atoms with van der Waals surface area (Å²) in [4.78, 5) is 8.74. The number of hydrogen-bond acceptors (Lipinski definition) is 7. The van der Waals surface area contributed by atoms with Gasteiger partial charge in [-0.15, -0.1) is 0 Å². The van der Waals surface area contributed by atoms with Crippen molar-refractivity contribution < 1.29 is 21.6 Å². The van der Waals surface area contributed by atoms with Gasteiger partial charge in [-0.25, -0.2) is 16.8 Å². The number of nitrogens with one attached hydrogen (secondary N) is 1. The van der Waals surface area contributed by atoms with Gasteiger partial charge in [-0.3, -0.25) is 19.0 Å². The Morgan fingerprint density at radius 2 is 1.80 bits per heavy atom. The third-order valence-corrected chi connectivity index (χ3v) is 8.70. The largest absolute Gasteiger partial charge is 0.362 e. The van der Waals surface area contributed by atoms with E-state index in [1.165, 1.54) is 28.6 Å². The molecular weight excluding hydrogens is 512 g/mol. The Morgan fingerprint density at radius 1 is 1.00 bits per heavy atom. The molecule has 1 fully saturated rings. The van der Waals surface area contributed by atoms with Gasteiger partial charge in [0.25, 0.3) is 20.0 Å². The number of nitrogens with zero attached hydrogens (tertiary/aromatic N) is 3. The fraction of sp³-hybridized carbons (Fsp3) is 0.130. The maximum absolute atomic E-state index is 13.0. The maximum atomic E-state index is 13.0. The van der Waals surface area contributed by atoms with Crippen LogP contribution >= 0.6 is 11.6 Å². The predicted molar refractivity (Wildman–Crippen MR) is 134 cm³/mol. The highest BCUT2D eigenvalue weighted by Gasteiger charge is 2.27. The second kappa shape index (κ2) is 9.08. The lowest BCUT2D eigenvalue weighted by Gasteiger charge is -2.28. The summed E-state index contributed by atoms with van der Waals surface area (Å²) in [7, 11) is -7.56. The monoisotopic (exact) mass is 530 g/mol. The van der Waals surface area contributed by atoms with Crippen molar-refractivity contribution in [3.05, 3.63) is 78.1 Å². The molecule has 0 radical (unpaired) electrons. The molecule has 0 bridgehead atoms. The van der Waals surface area contributed by atoms with Crippen molar-refractivity contribution in [1.82, 2.24) is 9.97 Å². The van der Waals surface area contributed by atoms with E-state index in [-0.39, 0.29) is 18.0 Å². The molecule has 5 rings (SSSR count). The maximum Gasteiger partial charge on any atom is 0.261 e. The Kier molecular flexibility index (Phi) is 6.09. The molecule has 0 spiro atoms. The third-order valence-electron chi connectivity index (χ3n) is 5.45. The minimum atomic E-state index is -3.96. The molecule has 2 aromatic heterocycles. The Labute approximate surface area is 207 Å². The van der Waals surface area contributed by atoms with Crippen LogP contribution in [0.15, 0.2) is 78.0 Å². The molecule has 180 valence electrons. The number of aromatic nitrogens is 2. The van der Waals surface area contributed by atoms with Crippen LogP contribution < -0.4 is 9.03 Å². The topological polar surface area (TPSA) is 119 Å². The number of hydrogen-bond donors (Lipinski definition) is 1. The Hall–Kier alpha value is -3.25. The van der Waals surface area contributed by atoms with Gasteiger partial charge in [0.05, 0.1) is 40.0 Å². The number of rotatable bonds is 5. The van der Waals surface area contributed by atoms with Gasteiger partial charge >= 0.3 is 0 Å². The van der Waals surface area contributed by atoms with Gasteiger partial charge in [0, 0.05) is 29.0 Å². The van der Waals surface area contributed by atoms with Gasteiger partial charge in [0.2, 0.25) is 0 Å². The van der Waals surface area contributed by atoms with E-state index >= 15 is 0 Å². The molecule has 0 saturated carbocycles. The number of halogens is 1. The number of pyridine rings is 2. The molecule has 4 aromatic rings. The molecular formula is C23H19ClN4O5S2. The Morgan fingerprint density at radius 3 is 2.57 bits per heavy atom. The molecule has 3 heterocycles. The van der Waals surface area contributed by atoms with E-state index in [0.717, 1.165) is 10.9 Å². The summed E-state index contributed by atoms with van der Waals surface area (Å²) < 4.78 is 59.3. The summed E-state index contributed by atoms with van der Waals surface area (Å²) in [5, 5.41) is 1.19. The first-order valence-electron chi connectivity index (χ1n) is 10.5. The van der Waals surface area contributed by atoms with Gasteiger partial charge in [0.1, 0.15) is 0 Å². The van der Waals surface area contributed by atoms with Crippen LogP contribution in [-0.4, -0.2) is 45.9 Å². The van der Waals surface area contributed by atoms with Crippen LogP contribution in [-0.2, 0) is 24.8 Å². The zero-order valence-corrected chi connectivity index (χ0v) is 20.5. The molecule has 12 heteroatoms. The Bertz CT molecular complexity index is 1620. The molecule has 0 amide bonds. The van der Waals surface area contributed by atoms with Crippen LogP contribution in [0.1, 0.15) is 0 Å². The van der Waals surface area contributed by atoms with Crippen LogP contribution in [0.2, 0.25) is 5.02 Å². The smallest absolute Gasteiger partial charge is 0.261 e. The molecule has 9 nitrogen and oxygen atoms in total. The normalized spacial score (nSPS) is 15.7. The zero-order valence-electron chi connectivity index (χ0n) is 18.1. The first-order chi connectivity index (χ1) is 16.7. The van der Waals surface area contributed by atoms with Crippen LogP contribution in [0.5, 0.6) is 0 Å². The van der Waals surface area contributed by atoms with Gasteiger partial charge in [-0.2, -0.15) is 0 Å². The van der Waals surface area contributed by atoms with Crippen molar-refractivity contribution in [3.63, 3.8) is 0 Å². The summed E-state index contributed by atoms with van der Waals surface area (Å²) in [6.07, 6.45) is 3.30. The van der Waals surface area contributed by atoms with E-state index < -0.39 is 26.0 Å². The number of benzene rings is 2. The van der Waals surface area contributed by atoms with Gasteiger partial charge in [-0.1, -0.05) is 11.6 Å². The van der Waals surface area contributed by atoms with Crippen LogP contribution in [0, 0.1) is 0 Å².